The molecule has 0 atom stereocenters. The molecule has 0 radical (unpaired) electrons. The van der Waals surface area contributed by atoms with E-state index in [0.717, 1.165) is 0 Å². The van der Waals surface area contributed by atoms with Crippen LogP contribution in [0.4, 0.5) is 0 Å². The van der Waals surface area contributed by atoms with Crippen molar-refractivity contribution in [3.8, 4) is 23.0 Å². The summed E-state index contributed by atoms with van der Waals surface area (Å²) in [6.07, 6.45) is 0. The van der Waals surface area contributed by atoms with Crippen LogP contribution in [-0.4, -0.2) is 53.0 Å². The summed E-state index contributed by atoms with van der Waals surface area (Å²) in [6.45, 7) is 0.173. The Bertz CT molecular complexity index is 767. The summed E-state index contributed by atoms with van der Waals surface area (Å²) in [5, 5.41) is 2.61. The van der Waals surface area contributed by atoms with Crippen LogP contribution in [0.3, 0.4) is 0 Å². The molecule has 0 saturated carbocycles. The van der Waals surface area contributed by atoms with Gasteiger partial charge in [0.1, 0.15) is 12.4 Å². The van der Waals surface area contributed by atoms with Crippen molar-refractivity contribution >= 4 is 11.9 Å². The van der Waals surface area contributed by atoms with Crippen LogP contribution in [0.2, 0.25) is 0 Å². The Morgan fingerprint density at radius 2 is 1.57 bits per heavy atom. The minimum Gasteiger partial charge on any atom is -0.493 e. The maximum absolute atomic E-state index is 12.2. The molecule has 8 heteroatoms. The normalized spacial score (nSPS) is 9.96. The maximum atomic E-state index is 12.2. The van der Waals surface area contributed by atoms with E-state index in [1.807, 2.05) is 30.3 Å². The molecule has 0 bridgehead atoms. The number of carbonyl (C=O) groups is 2. The Labute approximate surface area is 163 Å². The van der Waals surface area contributed by atoms with Crippen LogP contribution >= 0.6 is 0 Å². The molecule has 1 amide bonds. The number of amides is 1. The van der Waals surface area contributed by atoms with E-state index < -0.39 is 18.5 Å². The number of hydrogen-bond donors (Lipinski definition) is 1. The monoisotopic (exact) mass is 389 g/mol. The molecule has 0 aliphatic carbocycles. The second-order valence-corrected chi connectivity index (χ2v) is 5.50. The van der Waals surface area contributed by atoms with Gasteiger partial charge in [-0.05, 0) is 24.3 Å². The lowest BCUT2D eigenvalue weighted by Gasteiger charge is -2.13. The zero-order chi connectivity index (χ0) is 20.4. The lowest BCUT2D eigenvalue weighted by Crippen LogP contribution is -2.32. The van der Waals surface area contributed by atoms with Gasteiger partial charge in [-0.3, -0.25) is 4.79 Å². The van der Waals surface area contributed by atoms with Crippen molar-refractivity contribution < 1.29 is 33.3 Å². The summed E-state index contributed by atoms with van der Waals surface area (Å²) in [4.78, 5) is 24.0. The van der Waals surface area contributed by atoms with E-state index >= 15 is 0 Å². The summed E-state index contributed by atoms with van der Waals surface area (Å²) < 4.78 is 26.1. The summed E-state index contributed by atoms with van der Waals surface area (Å²) >= 11 is 0. The third-order valence-electron chi connectivity index (χ3n) is 3.67. The van der Waals surface area contributed by atoms with Crippen molar-refractivity contribution in [1.82, 2.24) is 5.32 Å². The molecule has 1 N–H and O–H groups in total. The van der Waals surface area contributed by atoms with Crippen molar-refractivity contribution in [2.45, 2.75) is 0 Å². The van der Waals surface area contributed by atoms with Gasteiger partial charge >= 0.3 is 5.97 Å². The largest absolute Gasteiger partial charge is 0.493 e. The Kier molecular flexibility index (Phi) is 7.95. The van der Waals surface area contributed by atoms with Gasteiger partial charge in [0.15, 0.2) is 18.1 Å². The highest BCUT2D eigenvalue weighted by atomic mass is 16.5. The van der Waals surface area contributed by atoms with E-state index in [4.69, 9.17) is 23.7 Å². The number of nitrogens with one attached hydrogen (secondary N) is 1. The quantitative estimate of drug-likeness (QED) is 0.491. The van der Waals surface area contributed by atoms with Crippen LogP contribution in [0.15, 0.2) is 42.5 Å². The first kappa shape index (κ1) is 20.9. The number of methoxy groups -OCH3 is 3. The third-order valence-corrected chi connectivity index (χ3v) is 3.67. The van der Waals surface area contributed by atoms with Gasteiger partial charge in [0.2, 0.25) is 5.75 Å². The number of esters is 1. The van der Waals surface area contributed by atoms with Crippen LogP contribution in [0, 0.1) is 0 Å². The van der Waals surface area contributed by atoms with Crippen molar-refractivity contribution in [3.63, 3.8) is 0 Å². The molecule has 0 aliphatic heterocycles. The zero-order valence-electron chi connectivity index (χ0n) is 16.0. The number of ether oxygens (including phenoxy) is 5. The van der Waals surface area contributed by atoms with Crippen LogP contribution in [0.1, 0.15) is 10.4 Å². The van der Waals surface area contributed by atoms with E-state index in [1.165, 1.54) is 33.5 Å². The summed E-state index contributed by atoms with van der Waals surface area (Å²) in [5.41, 5.74) is 0.176. The van der Waals surface area contributed by atoms with Crippen molar-refractivity contribution in [2.24, 2.45) is 0 Å². The predicted molar refractivity (Wildman–Crippen MR) is 101 cm³/mol. The van der Waals surface area contributed by atoms with E-state index in [2.05, 4.69) is 5.32 Å². The lowest BCUT2D eigenvalue weighted by atomic mass is 10.2. The summed E-state index contributed by atoms with van der Waals surface area (Å²) in [7, 11) is 4.35. The Hall–Kier alpha value is -3.42. The molecule has 2 rings (SSSR count). The smallest absolute Gasteiger partial charge is 0.338 e. The first-order chi connectivity index (χ1) is 13.6. The fourth-order valence-electron chi connectivity index (χ4n) is 2.34. The Morgan fingerprint density at radius 1 is 0.929 bits per heavy atom. The second kappa shape index (κ2) is 10.7. The molecule has 28 heavy (non-hydrogen) atoms. The van der Waals surface area contributed by atoms with Gasteiger partial charge in [-0.25, -0.2) is 4.79 Å². The maximum Gasteiger partial charge on any atom is 0.338 e. The number of rotatable bonds is 10. The second-order valence-electron chi connectivity index (χ2n) is 5.50. The Balaban J connectivity index is 1.82. The fourth-order valence-corrected chi connectivity index (χ4v) is 2.34. The first-order valence-electron chi connectivity index (χ1n) is 8.50. The van der Waals surface area contributed by atoms with Gasteiger partial charge in [-0.2, -0.15) is 0 Å². The van der Waals surface area contributed by atoms with Gasteiger partial charge in [-0.1, -0.05) is 18.2 Å². The molecule has 0 heterocycles. The lowest BCUT2D eigenvalue weighted by molar-refractivity contribution is -0.124. The van der Waals surface area contributed by atoms with Crippen LogP contribution in [-0.2, 0) is 9.53 Å². The molecule has 2 aromatic carbocycles. The highest BCUT2D eigenvalue weighted by Crippen LogP contribution is 2.38. The number of para-hydroxylation sites is 1. The van der Waals surface area contributed by atoms with Gasteiger partial charge in [-0.15, -0.1) is 0 Å². The molecule has 150 valence electrons. The molecule has 0 aliphatic rings. The number of carbonyl (C=O) groups excluding carboxylic acids is 2. The number of benzene rings is 2. The van der Waals surface area contributed by atoms with E-state index in [1.54, 1.807) is 0 Å². The molecular weight excluding hydrogens is 366 g/mol. The molecule has 0 unspecified atom stereocenters. The summed E-state index contributed by atoms with van der Waals surface area (Å²) in [6, 6.07) is 12.1. The van der Waals surface area contributed by atoms with E-state index in [0.29, 0.717) is 29.6 Å². The predicted octanol–water partition coefficient (Wildman–Crippen LogP) is 2.06. The zero-order valence-corrected chi connectivity index (χ0v) is 16.0. The number of hydrogen-bond acceptors (Lipinski definition) is 7. The Morgan fingerprint density at radius 3 is 2.14 bits per heavy atom. The van der Waals surface area contributed by atoms with Gasteiger partial charge in [0.25, 0.3) is 5.91 Å². The van der Waals surface area contributed by atoms with Crippen LogP contribution in [0.25, 0.3) is 0 Å². The SMILES string of the molecule is COc1cc(C(=O)OCC(=O)NCCOc2ccccc2)cc(OC)c1OC. The standard InChI is InChI=1S/C20H23NO7/c1-24-16-11-14(12-17(25-2)19(16)26-3)20(23)28-13-18(22)21-9-10-27-15-7-5-4-6-8-15/h4-8,11-12H,9-10,13H2,1-3H3,(H,21,22). The van der Waals surface area contributed by atoms with E-state index in [-0.39, 0.29) is 12.1 Å². The van der Waals surface area contributed by atoms with Gasteiger partial charge in [0.05, 0.1) is 33.4 Å². The van der Waals surface area contributed by atoms with Crippen molar-refractivity contribution in [3.05, 3.63) is 48.0 Å². The fraction of sp³-hybridized carbons (Fsp3) is 0.300. The van der Waals surface area contributed by atoms with E-state index in [9.17, 15) is 9.59 Å². The van der Waals surface area contributed by atoms with Crippen molar-refractivity contribution in [2.75, 3.05) is 41.1 Å². The molecule has 0 saturated heterocycles. The highest BCUT2D eigenvalue weighted by molar-refractivity contribution is 5.92. The summed E-state index contributed by atoms with van der Waals surface area (Å²) in [5.74, 6) is 0.586. The molecule has 0 spiro atoms. The first-order valence-corrected chi connectivity index (χ1v) is 8.50. The van der Waals surface area contributed by atoms with Crippen LogP contribution in [0.5, 0.6) is 23.0 Å². The molecule has 0 fully saturated rings. The van der Waals surface area contributed by atoms with Gasteiger partial charge in [0, 0.05) is 0 Å². The highest BCUT2D eigenvalue weighted by Gasteiger charge is 2.18. The third kappa shape index (κ3) is 5.80. The van der Waals surface area contributed by atoms with Crippen molar-refractivity contribution in [1.29, 1.82) is 0 Å². The molecule has 0 aromatic heterocycles. The average molecular weight is 389 g/mol. The topological polar surface area (TPSA) is 92.3 Å². The molecule has 8 nitrogen and oxygen atoms in total. The van der Waals surface area contributed by atoms with Crippen LogP contribution < -0.4 is 24.3 Å². The van der Waals surface area contributed by atoms with Gasteiger partial charge < -0.3 is 29.0 Å². The average Bonchev–Trinajstić information content (AvgIpc) is 2.74. The minimum atomic E-state index is -0.685. The minimum absolute atomic E-state index is 0.176. The molecule has 2 aromatic rings. The molecular formula is C20H23NO7.